The second kappa shape index (κ2) is 7.98. The van der Waals surface area contributed by atoms with Crippen LogP contribution in [0.4, 0.5) is 5.69 Å². The number of halogens is 1. The number of fused-ring (bicyclic) bond motifs is 1. The van der Waals surface area contributed by atoms with Crippen LogP contribution >= 0.6 is 22.9 Å². The van der Waals surface area contributed by atoms with Crippen molar-refractivity contribution in [3.63, 3.8) is 0 Å². The molecule has 1 aliphatic heterocycles. The molecule has 152 valence electrons. The first kappa shape index (κ1) is 20.2. The summed E-state index contributed by atoms with van der Waals surface area (Å²) < 4.78 is 2.26. The number of nitrogens with zero attached hydrogens (tertiary/aromatic N) is 4. The van der Waals surface area contributed by atoms with Crippen LogP contribution in [0.15, 0.2) is 36.2 Å². The summed E-state index contributed by atoms with van der Waals surface area (Å²) in [5.41, 5.74) is 5.90. The monoisotopic (exact) mass is 437 g/mol. The van der Waals surface area contributed by atoms with Crippen molar-refractivity contribution in [1.29, 1.82) is 5.26 Å². The Balaban J connectivity index is 2.02. The van der Waals surface area contributed by atoms with E-state index in [9.17, 15) is 10.1 Å². The molecule has 0 spiro atoms. The number of anilines is 1. The second-order valence-electron chi connectivity index (χ2n) is 7.29. The number of thiazole rings is 1. The molecular formula is C22H20ClN5OS. The highest BCUT2D eigenvalue weighted by Gasteiger charge is 2.36. The number of benzene rings is 1. The minimum Gasteiger partial charge on any atom is -0.376 e. The minimum absolute atomic E-state index is 0.0931. The van der Waals surface area contributed by atoms with Crippen LogP contribution in [0.2, 0.25) is 5.15 Å². The first-order valence-corrected chi connectivity index (χ1v) is 10.7. The molecular weight excluding hydrogens is 418 g/mol. The molecule has 0 saturated carbocycles. The zero-order valence-electron chi connectivity index (χ0n) is 16.6. The summed E-state index contributed by atoms with van der Waals surface area (Å²) in [7, 11) is 3.96. The van der Waals surface area contributed by atoms with Crippen LogP contribution in [-0.2, 0) is 11.3 Å². The van der Waals surface area contributed by atoms with E-state index < -0.39 is 0 Å². The fourth-order valence-electron chi connectivity index (χ4n) is 4.19. The lowest BCUT2D eigenvalue weighted by Crippen LogP contribution is -2.16. The van der Waals surface area contributed by atoms with Crippen LogP contribution in [0.25, 0.3) is 17.0 Å². The standard InChI is InChI=1S/C22H20ClN5OS/c1-13(25-12-29)18-19(15-6-4-5-14(9-15)10-24)28-8-7-16(20(28)21(18)27(2)3)22-26-17(23)11-30-22/h4-6,9,11-12,16H,1,7-8H2,2-3H3,(H,25,29). The Morgan fingerprint density at radius 2 is 2.30 bits per heavy atom. The van der Waals surface area contributed by atoms with Gasteiger partial charge in [0.1, 0.15) is 10.2 Å². The second-order valence-corrected chi connectivity index (χ2v) is 8.56. The third-order valence-electron chi connectivity index (χ3n) is 5.29. The summed E-state index contributed by atoms with van der Waals surface area (Å²) in [6.07, 6.45) is 1.54. The van der Waals surface area contributed by atoms with Gasteiger partial charge < -0.3 is 14.8 Å². The fourth-order valence-corrected chi connectivity index (χ4v) is 5.28. The van der Waals surface area contributed by atoms with Crippen molar-refractivity contribution < 1.29 is 4.79 Å². The summed E-state index contributed by atoms with van der Waals surface area (Å²) in [6, 6.07) is 9.71. The van der Waals surface area contributed by atoms with E-state index in [1.807, 2.05) is 42.6 Å². The molecule has 30 heavy (non-hydrogen) atoms. The first-order valence-electron chi connectivity index (χ1n) is 9.40. The number of rotatable bonds is 6. The molecule has 6 nitrogen and oxygen atoms in total. The number of carbonyl (C=O) groups is 1. The van der Waals surface area contributed by atoms with Gasteiger partial charge in [-0.3, -0.25) is 4.79 Å². The van der Waals surface area contributed by atoms with Crippen LogP contribution < -0.4 is 10.2 Å². The van der Waals surface area contributed by atoms with E-state index in [0.29, 0.717) is 22.8 Å². The molecule has 1 aliphatic rings. The zero-order valence-corrected chi connectivity index (χ0v) is 18.2. The van der Waals surface area contributed by atoms with Gasteiger partial charge in [-0.15, -0.1) is 11.3 Å². The molecule has 1 atom stereocenters. The number of aromatic nitrogens is 2. The van der Waals surface area contributed by atoms with E-state index in [-0.39, 0.29) is 5.92 Å². The van der Waals surface area contributed by atoms with Gasteiger partial charge in [0.25, 0.3) is 0 Å². The van der Waals surface area contributed by atoms with Crippen LogP contribution in [0.1, 0.15) is 34.2 Å². The van der Waals surface area contributed by atoms with Gasteiger partial charge in [-0.25, -0.2) is 4.98 Å². The zero-order chi connectivity index (χ0) is 21.4. The summed E-state index contributed by atoms with van der Waals surface area (Å²) in [6.45, 7) is 4.91. The third kappa shape index (κ3) is 3.28. The smallest absolute Gasteiger partial charge is 0.211 e. The number of carbonyl (C=O) groups excluding carboxylic acids is 1. The molecule has 2 aromatic heterocycles. The molecule has 1 amide bonds. The topological polar surface area (TPSA) is 74.0 Å². The Morgan fingerprint density at radius 3 is 2.93 bits per heavy atom. The van der Waals surface area contributed by atoms with Crippen molar-refractivity contribution in [3.05, 3.63) is 63.2 Å². The maximum Gasteiger partial charge on any atom is 0.211 e. The highest BCUT2D eigenvalue weighted by molar-refractivity contribution is 7.10. The lowest BCUT2D eigenvalue weighted by Gasteiger charge is -2.19. The predicted octanol–water partition coefficient (Wildman–Crippen LogP) is 4.45. The number of amides is 1. The van der Waals surface area contributed by atoms with Gasteiger partial charge in [0.05, 0.1) is 34.6 Å². The lowest BCUT2D eigenvalue weighted by atomic mass is 9.98. The summed E-state index contributed by atoms with van der Waals surface area (Å²) in [5, 5.41) is 15.4. The van der Waals surface area contributed by atoms with E-state index in [0.717, 1.165) is 46.2 Å². The van der Waals surface area contributed by atoms with Gasteiger partial charge in [0.15, 0.2) is 0 Å². The molecule has 3 heterocycles. The Labute approximate surface area is 184 Å². The molecule has 0 radical (unpaired) electrons. The molecule has 3 aromatic rings. The van der Waals surface area contributed by atoms with Gasteiger partial charge >= 0.3 is 0 Å². The Hall–Kier alpha value is -3.08. The van der Waals surface area contributed by atoms with E-state index in [4.69, 9.17) is 11.6 Å². The minimum atomic E-state index is 0.0931. The first-order chi connectivity index (χ1) is 14.5. The van der Waals surface area contributed by atoms with Crippen LogP contribution in [-0.4, -0.2) is 30.1 Å². The molecule has 0 fully saturated rings. The van der Waals surface area contributed by atoms with Crippen LogP contribution in [0.3, 0.4) is 0 Å². The fraction of sp³-hybridized carbons (Fsp3) is 0.227. The third-order valence-corrected chi connectivity index (χ3v) is 6.57. The Morgan fingerprint density at radius 1 is 1.50 bits per heavy atom. The number of nitriles is 1. The Kier molecular flexibility index (Phi) is 5.37. The molecule has 1 N–H and O–H groups in total. The van der Waals surface area contributed by atoms with Crippen molar-refractivity contribution in [1.82, 2.24) is 14.9 Å². The van der Waals surface area contributed by atoms with E-state index in [1.54, 1.807) is 17.4 Å². The van der Waals surface area contributed by atoms with Crippen LogP contribution in [0.5, 0.6) is 0 Å². The van der Waals surface area contributed by atoms with Crippen molar-refractivity contribution in [3.8, 4) is 17.3 Å². The van der Waals surface area contributed by atoms with Crippen LogP contribution in [0, 0.1) is 11.3 Å². The number of hydrogen-bond acceptors (Lipinski definition) is 5. The molecule has 4 rings (SSSR count). The van der Waals surface area contributed by atoms with E-state index >= 15 is 0 Å². The van der Waals surface area contributed by atoms with E-state index in [2.05, 4.69) is 27.5 Å². The van der Waals surface area contributed by atoms with Crippen molar-refractivity contribution in [2.75, 3.05) is 19.0 Å². The molecule has 1 aromatic carbocycles. The van der Waals surface area contributed by atoms with Gasteiger partial charge in [0, 0.05) is 42.8 Å². The normalized spacial score (nSPS) is 14.8. The predicted molar refractivity (Wildman–Crippen MR) is 121 cm³/mol. The largest absolute Gasteiger partial charge is 0.376 e. The van der Waals surface area contributed by atoms with Crippen molar-refractivity contribution in [2.24, 2.45) is 0 Å². The maximum absolute atomic E-state index is 11.2. The SMILES string of the molecule is C=C(NC=O)c1c(N(C)C)c2n(c1-c1cccc(C#N)c1)CCC2c1nc(Cl)cs1. The maximum atomic E-state index is 11.2. The average Bonchev–Trinajstić information content (AvgIpc) is 3.41. The van der Waals surface area contributed by atoms with Gasteiger partial charge in [-0.05, 0) is 18.6 Å². The molecule has 1 unspecified atom stereocenters. The summed E-state index contributed by atoms with van der Waals surface area (Å²) in [5.74, 6) is 0.0931. The summed E-state index contributed by atoms with van der Waals surface area (Å²) in [4.78, 5) is 17.8. The number of nitrogens with one attached hydrogen (secondary N) is 1. The number of hydrogen-bond donors (Lipinski definition) is 1. The van der Waals surface area contributed by atoms with E-state index in [1.165, 1.54) is 0 Å². The highest BCUT2D eigenvalue weighted by atomic mass is 35.5. The van der Waals surface area contributed by atoms with Gasteiger partial charge in [-0.2, -0.15) is 5.26 Å². The van der Waals surface area contributed by atoms with Gasteiger partial charge in [0.2, 0.25) is 6.41 Å². The van der Waals surface area contributed by atoms with Crippen molar-refractivity contribution >= 4 is 40.7 Å². The quantitative estimate of drug-likeness (QED) is 0.578. The highest BCUT2D eigenvalue weighted by Crippen LogP contribution is 2.49. The lowest BCUT2D eigenvalue weighted by molar-refractivity contribution is -0.108. The average molecular weight is 438 g/mol. The molecule has 0 aliphatic carbocycles. The molecule has 0 bridgehead atoms. The summed E-state index contributed by atoms with van der Waals surface area (Å²) >= 11 is 7.67. The van der Waals surface area contributed by atoms with Gasteiger partial charge in [-0.1, -0.05) is 30.3 Å². The van der Waals surface area contributed by atoms with Crippen molar-refractivity contribution in [2.45, 2.75) is 18.9 Å². The molecule has 8 heteroatoms. The molecule has 0 saturated heterocycles. The Bertz CT molecular complexity index is 1190.